The number of benzene rings is 1. The zero-order chi connectivity index (χ0) is 15.6. The Morgan fingerprint density at radius 2 is 1.95 bits per heavy atom. The van der Waals surface area contributed by atoms with Gasteiger partial charge >= 0.3 is 0 Å². The van der Waals surface area contributed by atoms with E-state index in [1.54, 1.807) is 0 Å². The van der Waals surface area contributed by atoms with E-state index in [-0.39, 0.29) is 0 Å². The van der Waals surface area contributed by atoms with E-state index in [0.29, 0.717) is 18.0 Å². The summed E-state index contributed by atoms with van der Waals surface area (Å²) in [5.74, 6) is 0.684. The predicted octanol–water partition coefficient (Wildman–Crippen LogP) is 3.20. The summed E-state index contributed by atoms with van der Waals surface area (Å²) in [6.45, 7) is 9.04. The first-order chi connectivity index (χ1) is 9.85. The van der Waals surface area contributed by atoms with Crippen molar-refractivity contribution >= 4 is 5.69 Å². The number of nitrogens with zero attached hydrogens (tertiary/aromatic N) is 2. The Kier molecular flexibility index (Phi) is 5.28. The molecule has 1 aromatic carbocycles. The highest BCUT2D eigenvalue weighted by Crippen LogP contribution is 2.25. The fraction of sp³-hybridized carbons (Fsp3) is 0.667. The summed E-state index contributed by atoms with van der Waals surface area (Å²) in [5.41, 5.74) is 4.00. The van der Waals surface area contributed by atoms with Crippen LogP contribution in [0.2, 0.25) is 0 Å². The van der Waals surface area contributed by atoms with Gasteiger partial charge < -0.3 is 15.1 Å². The molecule has 118 valence electrons. The van der Waals surface area contributed by atoms with Crippen molar-refractivity contribution in [2.45, 2.75) is 45.8 Å². The molecule has 21 heavy (non-hydrogen) atoms. The van der Waals surface area contributed by atoms with Gasteiger partial charge in [0.15, 0.2) is 0 Å². The van der Waals surface area contributed by atoms with E-state index in [4.69, 9.17) is 0 Å². The third kappa shape index (κ3) is 4.45. The average molecular weight is 289 g/mol. The molecule has 3 atom stereocenters. The molecule has 1 N–H and O–H groups in total. The lowest BCUT2D eigenvalue weighted by Crippen LogP contribution is -2.48. The zero-order valence-corrected chi connectivity index (χ0v) is 14.5. The highest BCUT2D eigenvalue weighted by Gasteiger charge is 2.28. The van der Waals surface area contributed by atoms with Crippen LogP contribution in [-0.2, 0) is 6.54 Å². The van der Waals surface area contributed by atoms with Crippen molar-refractivity contribution in [2.75, 3.05) is 33.0 Å². The maximum absolute atomic E-state index is 3.79. The molecule has 1 fully saturated rings. The zero-order valence-electron chi connectivity index (χ0n) is 14.5. The smallest absolute Gasteiger partial charge is 0.0348 e. The fourth-order valence-corrected chi connectivity index (χ4v) is 3.36. The lowest BCUT2D eigenvalue weighted by molar-refractivity contribution is 0.145. The summed E-state index contributed by atoms with van der Waals surface area (Å²) in [7, 11) is 6.48. The lowest BCUT2D eigenvalue weighted by Gasteiger charge is -2.40. The van der Waals surface area contributed by atoms with Crippen LogP contribution in [0.5, 0.6) is 0 Å². The van der Waals surface area contributed by atoms with E-state index in [9.17, 15) is 0 Å². The van der Waals surface area contributed by atoms with Crippen LogP contribution in [0.4, 0.5) is 5.69 Å². The normalized spacial score (nSPS) is 27.1. The molecule has 0 aliphatic carbocycles. The minimum absolute atomic E-state index is 0.574. The first-order valence-electron chi connectivity index (χ1n) is 8.07. The standard InChI is InChI=1S/C18H31N3/c1-13-7-16(12-20(4)5)10-17(8-13)19-18-9-15(3)21(6)11-14(18)2/h7-8,10,14-15,18-19H,9,11-12H2,1-6H3/t14-,15+,18+/m0/s1. The number of hydrogen-bond donors (Lipinski definition) is 1. The molecule has 1 aliphatic heterocycles. The summed E-state index contributed by atoms with van der Waals surface area (Å²) in [6, 6.07) is 8.10. The highest BCUT2D eigenvalue weighted by molar-refractivity contribution is 5.49. The minimum Gasteiger partial charge on any atom is -0.382 e. The number of nitrogens with one attached hydrogen (secondary N) is 1. The molecule has 2 rings (SSSR count). The van der Waals surface area contributed by atoms with E-state index in [1.807, 2.05) is 0 Å². The first kappa shape index (κ1) is 16.3. The second kappa shape index (κ2) is 6.80. The maximum Gasteiger partial charge on any atom is 0.0348 e. The number of hydrogen-bond acceptors (Lipinski definition) is 3. The molecule has 1 saturated heterocycles. The van der Waals surface area contributed by atoms with Crippen molar-refractivity contribution in [1.82, 2.24) is 9.80 Å². The van der Waals surface area contributed by atoms with E-state index in [2.05, 4.69) is 75.2 Å². The second-order valence-electron chi connectivity index (χ2n) is 7.20. The maximum atomic E-state index is 3.79. The molecule has 0 aromatic heterocycles. The Hall–Kier alpha value is -1.06. The van der Waals surface area contributed by atoms with E-state index >= 15 is 0 Å². The molecule has 0 unspecified atom stereocenters. The van der Waals surface area contributed by atoms with Crippen LogP contribution < -0.4 is 5.32 Å². The fourth-order valence-electron chi connectivity index (χ4n) is 3.36. The number of rotatable bonds is 4. The second-order valence-corrected chi connectivity index (χ2v) is 7.20. The molecule has 1 aliphatic rings. The Balaban J connectivity index is 2.10. The largest absolute Gasteiger partial charge is 0.382 e. The van der Waals surface area contributed by atoms with Crippen LogP contribution in [0.25, 0.3) is 0 Å². The van der Waals surface area contributed by atoms with Gasteiger partial charge in [-0.1, -0.05) is 13.0 Å². The number of likely N-dealkylation sites (tertiary alicyclic amines) is 1. The molecule has 0 amide bonds. The van der Waals surface area contributed by atoms with Crippen LogP contribution in [0.3, 0.4) is 0 Å². The van der Waals surface area contributed by atoms with Crippen molar-refractivity contribution in [2.24, 2.45) is 5.92 Å². The molecule has 0 radical (unpaired) electrons. The van der Waals surface area contributed by atoms with Gasteiger partial charge in [-0.05, 0) is 70.6 Å². The molecular formula is C18H31N3. The van der Waals surface area contributed by atoms with Gasteiger partial charge in [-0.2, -0.15) is 0 Å². The number of aryl methyl sites for hydroxylation is 1. The Morgan fingerprint density at radius 1 is 1.24 bits per heavy atom. The molecular weight excluding hydrogens is 258 g/mol. The summed E-state index contributed by atoms with van der Waals surface area (Å²) in [5, 5.41) is 3.79. The van der Waals surface area contributed by atoms with Crippen LogP contribution >= 0.6 is 0 Å². The molecule has 0 saturated carbocycles. The number of piperidine rings is 1. The molecule has 0 bridgehead atoms. The van der Waals surface area contributed by atoms with E-state index in [0.717, 1.165) is 6.54 Å². The third-order valence-corrected chi connectivity index (χ3v) is 4.60. The predicted molar refractivity (Wildman–Crippen MR) is 91.9 cm³/mol. The van der Waals surface area contributed by atoms with Gasteiger partial charge in [0.2, 0.25) is 0 Å². The molecule has 1 heterocycles. The summed E-state index contributed by atoms with van der Waals surface area (Å²) < 4.78 is 0. The van der Waals surface area contributed by atoms with Gasteiger partial charge in [0, 0.05) is 30.9 Å². The lowest BCUT2D eigenvalue weighted by atomic mass is 9.89. The quantitative estimate of drug-likeness (QED) is 0.918. The molecule has 3 nitrogen and oxygen atoms in total. The Labute approximate surface area is 130 Å². The molecule has 1 aromatic rings. The van der Waals surface area contributed by atoms with Crippen molar-refractivity contribution in [3.8, 4) is 0 Å². The van der Waals surface area contributed by atoms with Crippen molar-refractivity contribution in [1.29, 1.82) is 0 Å². The van der Waals surface area contributed by atoms with Gasteiger partial charge in [-0.3, -0.25) is 0 Å². The molecule has 0 spiro atoms. The topological polar surface area (TPSA) is 18.5 Å². The monoisotopic (exact) mass is 289 g/mol. The van der Waals surface area contributed by atoms with Gasteiger partial charge in [0.25, 0.3) is 0 Å². The van der Waals surface area contributed by atoms with Crippen molar-refractivity contribution in [3.05, 3.63) is 29.3 Å². The van der Waals surface area contributed by atoms with Crippen molar-refractivity contribution in [3.63, 3.8) is 0 Å². The van der Waals surface area contributed by atoms with Crippen LogP contribution in [-0.4, -0.2) is 49.6 Å². The van der Waals surface area contributed by atoms with Crippen LogP contribution in [0.1, 0.15) is 31.4 Å². The first-order valence-corrected chi connectivity index (χ1v) is 8.07. The van der Waals surface area contributed by atoms with Gasteiger partial charge in [0.05, 0.1) is 0 Å². The molecule has 3 heteroatoms. The van der Waals surface area contributed by atoms with E-state index < -0.39 is 0 Å². The van der Waals surface area contributed by atoms with Gasteiger partial charge in [-0.25, -0.2) is 0 Å². The van der Waals surface area contributed by atoms with Crippen LogP contribution in [0, 0.1) is 12.8 Å². The van der Waals surface area contributed by atoms with Gasteiger partial charge in [0.1, 0.15) is 0 Å². The summed E-state index contributed by atoms with van der Waals surface area (Å²) in [4.78, 5) is 4.69. The average Bonchev–Trinajstić information content (AvgIpc) is 2.34. The van der Waals surface area contributed by atoms with E-state index in [1.165, 1.54) is 29.8 Å². The van der Waals surface area contributed by atoms with Gasteiger partial charge in [-0.15, -0.1) is 0 Å². The Bertz CT molecular complexity index is 470. The Morgan fingerprint density at radius 3 is 2.62 bits per heavy atom. The third-order valence-electron chi connectivity index (χ3n) is 4.60. The minimum atomic E-state index is 0.574. The summed E-state index contributed by atoms with van der Waals surface area (Å²) in [6.07, 6.45) is 1.22. The summed E-state index contributed by atoms with van der Waals surface area (Å²) >= 11 is 0. The van der Waals surface area contributed by atoms with Crippen molar-refractivity contribution < 1.29 is 0 Å². The number of anilines is 1. The highest BCUT2D eigenvalue weighted by atomic mass is 15.2. The van der Waals surface area contributed by atoms with Crippen LogP contribution in [0.15, 0.2) is 18.2 Å². The SMILES string of the molecule is Cc1cc(CN(C)C)cc(N[C@@H]2C[C@@H](C)N(C)C[C@@H]2C)c1.